The minimum atomic E-state index is 0.579. The number of benzene rings is 1. The Bertz CT molecular complexity index is 792. The molecule has 0 unspecified atom stereocenters. The van der Waals surface area contributed by atoms with Gasteiger partial charge in [0.2, 0.25) is 5.88 Å². The fourth-order valence-electron chi connectivity index (χ4n) is 2.90. The molecular formula is C18H21N5O2. The summed E-state index contributed by atoms with van der Waals surface area (Å²) in [5.41, 5.74) is 2.64. The number of rotatable bonds is 5. The van der Waals surface area contributed by atoms with Gasteiger partial charge in [-0.1, -0.05) is 12.1 Å². The van der Waals surface area contributed by atoms with E-state index in [4.69, 9.17) is 9.15 Å². The molecule has 0 radical (unpaired) electrons. The molecule has 0 bridgehead atoms. The van der Waals surface area contributed by atoms with Gasteiger partial charge in [-0.2, -0.15) is 10.1 Å². The monoisotopic (exact) mass is 339 g/mol. The molecule has 0 atom stereocenters. The molecule has 7 heteroatoms. The molecule has 1 aliphatic rings. The normalized spacial score (nSPS) is 15.6. The number of piperazine rings is 1. The van der Waals surface area contributed by atoms with Gasteiger partial charge in [0.05, 0.1) is 5.69 Å². The van der Waals surface area contributed by atoms with Crippen LogP contribution in [0.1, 0.15) is 5.69 Å². The molecule has 3 heterocycles. The number of para-hydroxylation sites is 2. The van der Waals surface area contributed by atoms with Crippen LogP contribution in [0, 0.1) is 6.92 Å². The van der Waals surface area contributed by atoms with Crippen molar-refractivity contribution in [3.63, 3.8) is 0 Å². The van der Waals surface area contributed by atoms with Crippen LogP contribution in [0.2, 0.25) is 0 Å². The lowest BCUT2D eigenvalue weighted by Gasteiger charge is -2.33. The number of aryl methyl sites for hydroxylation is 1. The lowest BCUT2D eigenvalue weighted by atomic mass is 10.3. The van der Waals surface area contributed by atoms with E-state index in [-0.39, 0.29) is 0 Å². The second-order valence-electron chi connectivity index (χ2n) is 6.15. The third-order valence-electron chi connectivity index (χ3n) is 4.36. The van der Waals surface area contributed by atoms with Crippen molar-refractivity contribution in [3.8, 4) is 5.88 Å². The molecule has 4 rings (SSSR count). The number of ether oxygens (including phenoxy) is 1. The first-order valence-corrected chi connectivity index (χ1v) is 8.54. The lowest BCUT2D eigenvalue weighted by Crippen LogP contribution is -2.47. The molecule has 1 fully saturated rings. The van der Waals surface area contributed by atoms with Gasteiger partial charge in [0.1, 0.15) is 12.1 Å². The average Bonchev–Trinajstić information content (AvgIpc) is 3.08. The number of oxazole rings is 1. The Morgan fingerprint density at radius 3 is 2.64 bits per heavy atom. The maximum atomic E-state index is 5.85. The maximum absolute atomic E-state index is 5.85. The van der Waals surface area contributed by atoms with Crippen LogP contribution in [-0.4, -0.2) is 59.4 Å². The van der Waals surface area contributed by atoms with Crippen molar-refractivity contribution < 1.29 is 9.15 Å². The second-order valence-corrected chi connectivity index (χ2v) is 6.15. The first-order valence-electron chi connectivity index (χ1n) is 8.54. The van der Waals surface area contributed by atoms with E-state index < -0.39 is 0 Å². The van der Waals surface area contributed by atoms with Crippen molar-refractivity contribution in [2.45, 2.75) is 6.92 Å². The molecule has 1 aromatic carbocycles. The van der Waals surface area contributed by atoms with Gasteiger partial charge in [-0.05, 0) is 25.1 Å². The van der Waals surface area contributed by atoms with E-state index in [9.17, 15) is 0 Å². The number of aromatic nitrogens is 3. The highest BCUT2D eigenvalue weighted by Gasteiger charge is 2.20. The highest BCUT2D eigenvalue weighted by molar-refractivity contribution is 5.74. The van der Waals surface area contributed by atoms with Crippen molar-refractivity contribution in [1.82, 2.24) is 20.1 Å². The number of hydrogen-bond acceptors (Lipinski definition) is 7. The highest BCUT2D eigenvalue weighted by atomic mass is 16.5. The van der Waals surface area contributed by atoms with E-state index in [2.05, 4.69) is 25.0 Å². The summed E-state index contributed by atoms with van der Waals surface area (Å²) in [6, 6.07) is 12.3. The van der Waals surface area contributed by atoms with Crippen molar-refractivity contribution in [3.05, 3.63) is 42.1 Å². The topological polar surface area (TPSA) is 67.5 Å². The quantitative estimate of drug-likeness (QED) is 0.705. The Labute approximate surface area is 146 Å². The molecule has 0 amide bonds. The van der Waals surface area contributed by atoms with Gasteiger partial charge in [-0.25, -0.2) is 0 Å². The molecule has 1 aliphatic heterocycles. The smallest absolute Gasteiger partial charge is 0.298 e. The van der Waals surface area contributed by atoms with Crippen LogP contribution in [-0.2, 0) is 0 Å². The summed E-state index contributed by atoms with van der Waals surface area (Å²) in [5.74, 6) is 0.579. The Kier molecular flexibility index (Phi) is 4.47. The van der Waals surface area contributed by atoms with Crippen LogP contribution in [0.25, 0.3) is 11.1 Å². The molecule has 0 N–H and O–H groups in total. The van der Waals surface area contributed by atoms with Crippen LogP contribution in [0.4, 0.5) is 6.01 Å². The van der Waals surface area contributed by atoms with Gasteiger partial charge in [0, 0.05) is 38.8 Å². The van der Waals surface area contributed by atoms with Crippen molar-refractivity contribution in [2.75, 3.05) is 44.2 Å². The summed E-state index contributed by atoms with van der Waals surface area (Å²) in [6.45, 7) is 7.11. The van der Waals surface area contributed by atoms with E-state index >= 15 is 0 Å². The third-order valence-corrected chi connectivity index (χ3v) is 4.36. The van der Waals surface area contributed by atoms with Crippen LogP contribution < -0.4 is 9.64 Å². The zero-order valence-corrected chi connectivity index (χ0v) is 14.3. The Morgan fingerprint density at radius 1 is 1.04 bits per heavy atom. The fourth-order valence-corrected chi connectivity index (χ4v) is 2.90. The summed E-state index contributed by atoms with van der Waals surface area (Å²) < 4.78 is 11.5. The summed E-state index contributed by atoms with van der Waals surface area (Å²) in [5, 5.41) is 8.01. The average molecular weight is 339 g/mol. The lowest BCUT2D eigenvalue weighted by molar-refractivity contribution is 0.194. The van der Waals surface area contributed by atoms with E-state index in [1.165, 1.54) is 0 Å². The Morgan fingerprint density at radius 2 is 1.88 bits per heavy atom. The van der Waals surface area contributed by atoms with Crippen molar-refractivity contribution in [1.29, 1.82) is 0 Å². The standard InChI is InChI=1S/C18H21N5O2/c1-14-6-7-17(21-20-14)24-13-12-22-8-10-23(11-9-22)18-19-15-4-2-3-5-16(15)25-18/h2-7H,8-13H2,1H3. The number of fused-ring (bicyclic) bond motifs is 1. The Balaban J connectivity index is 1.26. The van der Waals surface area contributed by atoms with E-state index in [1.807, 2.05) is 43.3 Å². The van der Waals surface area contributed by atoms with E-state index in [1.54, 1.807) is 0 Å². The molecule has 0 aliphatic carbocycles. The largest absolute Gasteiger partial charge is 0.475 e. The second kappa shape index (κ2) is 7.06. The van der Waals surface area contributed by atoms with Gasteiger partial charge in [-0.15, -0.1) is 5.10 Å². The van der Waals surface area contributed by atoms with E-state index in [0.717, 1.165) is 49.5 Å². The Hall–Kier alpha value is -2.67. The van der Waals surface area contributed by atoms with Crippen molar-refractivity contribution in [2.24, 2.45) is 0 Å². The first kappa shape index (κ1) is 15.8. The van der Waals surface area contributed by atoms with Crippen LogP contribution in [0.15, 0.2) is 40.8 Å². The third kappa shape index (κ3) is 3.71. The number of hydrogen-bond donors (Lipinski definition) is 0. The van der Waals surface area contributed by atoms with Crippen LogP contribution >= 0.6 is 0 Å². The van der Waals surface area contributed by atoms with Crippen LogP contribution in [0.5, 0.6) is 5.88 Å². The SMILES string of the molecule is Cc1ccc(OCCN2CCN(c3nc4ccccc4o3)CC2)nn1. The molecular weight excluding hydrogens is 318 g/mol. The minimum Gasteiger partial charge on any atom is -0.475 e. The molecule has 3 aromatic rings. The highest BCUT2D eigenvalue weighted by Crippen LogP contribution is 2.22. The number of anilines is 1. The van der Waals surface area contributed by atoms with Gasteiger partial charge in [0.25, 0.3) is 6.01 Å². The molecule has 130 valence electrons. The summed E-state index contributed by atoms with van der Waals surface area (Å²) >= 11 is 0. The molecule has 25 heavy (non-hydrogen) atoms. The van der Waals surface area contributed by atoms with Gasteiger partial charge >= 0.3 is 0 Å². The van der Waals surface area contributed by atoms with Gasteiger partial charge in [-0.3, -0.25) is 4.90 Å². The molecule has 7 nitrogen and oxygen atoms in total. The van der Waals surface area contributed by atoms with Gasteiger partial charge < -0.3 is 14.1 Å². The first-order chi connectivity index (χ1) is 12.3. The molecule has 2 aromatic heterocycles. The molecule has 0 saturated carbocycles. The van der Waals surface area contributed by atoms with Crippen LogP contribution in [0.3, 0.4) is 0 Å². The van der Waals surface area contributed by atoms with E-state index in [0.29, 0.717) is 18.5 Å². The zero-order valence-electron chi connectivity index (χ0n) is 14.3. The summed E-state index contributed by atoms with van der Waals surface area (Å²) in [4.78, 5) is 9.14. The maximum Gasteiger partial charge on any atom is 0.298 e. The number of nitrogens with zero attached hydrogens (tertiary/aromatic N) is 5. The predicted octanol–water partition coefficient (Wildman–Crippen LogP) is 2.13. The summed E-state index contributed by atoms with van der Waals surface area (Å²) in [6.07, 6.45) is 0. The predicted molar refractivity (Wildman–Crippen MR) is 94.9 cm³/mol. The van der Waals surface area contributed by atoms with Gasteiger partial charge in [0.15, 0.2) is 5.58 Å². The fraction of sp³-hybridized carbons (Fsp3) is 0.389. The molecule has 1 saturated heterocycles. The zero-order chi connectivity index (χ0) is 17.1. The molecule has 0 spiro atoms. The van der Waals surface area contributed by atoms with Crippen molar-refractivity contribution >= 4 is 17.1 Å². The summed E-state index contributed by atoms with van der Waals surface area (Å²) in [7, 11) is 0. The minimum absolute atomic E-state index is 0.579.